The van der Waals surface area contributed by atoms with E-state index in [0.29, 0.717) is 0 Å². The maximum Gasteiger partial charge on any atom is 0.573 e. The molecule has 0 aliphatic heterocycles. The van der Waals surface area contributed by atoms with Crippen LogP contribution >= 0.6 is 34.8 Å². The first-order chi connectivity index (χ1) is 9.98. The van der Waals surface area contributed by atoms with Crippen LogP contribution < -0.4 is 10.1 Å². The second kappa shape index (κ2) is 7.45. The van der Waals surface area contributed by atoms with Crippen molar-refractivity contribution in [2.45, 2.75) is 16.8 Å². The van der Waals surface area contributed by atoms with Gasteiger partial charge in [0.05, 0.1) is 6.61 Å². The number of ether oxygens (including phenoxy) is 2. The summed E-state index contributed by atoms with van der Waals surface area (Å²) in [7, 11) is 0. The molecular formula is C11H9Cl3F3NO4. The Kier molecular flexibility index (Phi) is 6.42. The Morgan fingerprint density at radius 2 is 1.86 bits per heavy atom. The zero-order valence-corrected chi connectivity index (χ0v) is 12.9. The van der Waals surface area contributed by atoms with Gasteiger partial charge in [0.2, 0.25) is 3.79 Å². The second-order valence-electron chi connectivity index (χ2n) is 3.89. The van der Waals surface area contributed by atoms with Crippen molar-refractivity contribution in [2.24, 2.45) is 0 Å². The number of carbonyl (C=O) groups is 1. The van der Waals surface area contributed by atoms with Crippen molar-refractivity contribution < 1.29 is 32.5 Å². The number of hydrogen-bond acceptors (Lipinski definition) is 4. The summed E-state index contributed by atoms with van der Waals surface area (Å²) in [5, 5.41) is 11.1. The molecule has 1 aromatic rings. The molecule has 0 spiro atoms. The predicted octanol–water partition coefficient (Wildman–Crippen LogP) is 4.00. The van der Waals surface area contributed by atoms with Gasteiger partial charge in [-0.15, -0.1) is 13.2 Å². The van der Waals surface area contributed by atoms with Gasteiger partial charge >= 0.3 is 12.5 Å². The third-order valence-electron chi connectivity index (χ3n) is 2.00. The van der Waals surface area contributed by atoms with Crippen molar-refractivity contribution in [3.05, 3.63) is 23.8 Å². The lowest BCUT2D eigenvalue weighted by Crippen LogP contribution is -2.21. The van der Waals surface area contributed by atoms with E-state index in [-0.39, 0.29) is 11.3 Å². The highest BCUT2D eigenvalue weighted by atomic mass is 35.6. The molecule has 124 valence electrons. The van der Waals surface area contributed by atoms with Crippen LogP contribution in [0, 0.1) is 0 Å². The highest BCUT2D eigenvalue weighted by molar-refractivity contribution is 6.67. The van der Waals surface area contributed by atoms with Gasteiger partial charge in [0.1, 0.15) is 12.4 Å². The molecule has 0 radical (unpaired) electrons. The first-order valence-corrected chi connectivity index (χ1v) is 6.63. The minimum absolute atomic E-state index is 0.0819. The van der Waals surface area contributed by atoms with Crippen LogP contribution in [0.4, 0.5) is 23.7 Å². The SMILES string of the molecule is O=C(Nc1cc(CO)cc(OC(F)(F)F)c1)OCC(Cl)(Cl)Cl. The van der Waals surface area contributed by atoms with Crippen molar-refractivity contribution in [1.29, 1.82) is 0 Å². The van der Waals surface area contributed by atoms with E-state index in [9.17, 15) is 18.0 Å². The van der Waals surface area contributed by atoms with E-state index in [2.05, 4.69) is 14.8 Å². The summed E-state index contributed by atoms with van der Waals surface area (Å²) in [5.41, 5.74) is -0.0152. The monoisotopic (exact) mass is 381 g/mol. The van der Waals surface area contributed by atoms with Gasteiger partial charge in [-0.2, -0.15) is 0 Å². The summed E-state index contributed by atoms with van der Waals surface area (Å²) in [4.78, 5) is 11.4. The molecule has 0 bridgehead atoms. The number of anilines is 1. The number of aliphatic hydroxyl groups is 1. The molecule has 22 heavy (non-hydrogen) atoms. The summed E-state index contributed by atoms with van der Waals surface area (Å²) >= 11 is 16.1. The molecule has 2 N–H and O–H groups in total. The molecule has 0 heterocycles. The van der Waals surface area contributed by atoms with Gasteiger partial charge in [-0.3, -0.25) is 5.32 Å². The zero-order valence-electron chi connectivity index (χ0n) is 10.6. The fourth-order valence-electron chi connectivity index (χ4n) is 1.32. The molecule has 0 saturated carbocycles. The van der Waals surface area contributed by atoms with Crippen LogP contribution in [0.5, 0.6) is 5.75 Å². The molecule has 0 saturated heterocycles. The van der Waals surface area contributed by atoms with E-state index in [1.165, 1.54) is 6.07 Å². The van der Waals surface area contributed by atoms with E-state index < -0.39 is 35.2 Å². The number of benzene rings is 1. The number of amides is 1. The summed E-state index contributed by atoms with van der Waals surface area (Å²) in [6.45, 7) is -1.12. The number of alkyl halides is 6. The van der Waals surface area contributed by atoms with Crippen molar-refractivity contribution in [2.75, 3.05) is 11.9 Å². The molecule has 0 aromatic heterocycles. The Labute approximate surface area is 137 Å². The Balaban J connectivity index is 2.81. The van der Waals surface area contributed by atoms with E-state index in [1.807, 2.05) is 0 Å². The van der Waals surface area contributed by atoms with Crippen LogP contribution in [0.1, 0.15) is 5.56 Å². The van der Waals surface area contributed by atoms with Gasteiger partial charge in [-0.05, 0) is 17.7 Å². The van der Waals surface area contributed by atoms with Crippen molar-refractivity contribution >= 4 is 46.6 Å². The van der Waals surface area contributed by atoms with E-state index >= 15 is 0 Å². The number of rotatable bonds is 4. The van der Waals surface area contributed by atoms with Crippen molar-refractivity contribution in [3.8, 4) is 5.75 Å². The van der Waals surface area contributed by atoms with Gasteiger partial charge in [0, 0.05) is 11.8 Å². The van der Waals surface area contributed by atoms with Gasteiger partial charge in [-0.25, -0.2) is 4.79 Å². The van der Waals surface area contributed by atoms with Gasteiger partial charge in [0.25, 0.3) is 0 Å². The lowest BCUT2D eigenvalue weighted by Gasteiger charge is -2.14. The molecule has 1 rings (SSSR count). The van der Waals surface area contributed by atoms with Crippen molar-refractivity contribution in [3.63, 3.8) is 0 Å². The molecule has 0 atom stereocenters. The largest absolute Gasteiger partial charge is 0.573 e. The summed E-state index contributed by atoms with van der Waals surface area (Å²) in [6, 6.07) is 3.08. The van der Waals surface area contributed by atoms with Crippen LogP contribution in [-0.2, 0) is 11.3 Å². The molecule has 11 heteroatoms. The van der Waals surface area contributed by atoms with Crippen molar-refractivity contribution in [1.82, 2.24) is 0 Å². The van der Waals surface area contributed by atoms with Gasteiger partial charge in [0.15, 0.2) is 0 Å². The first kappa shape index (κ1) is 19.0. The number of hydrogen-bond donors (Lipinski definition) is 2. The highest BCUT2D eigenvalue weighted by Gasteiger charge is 2.31. The Bertz CT molecular complexity index is 534. The Morgan fingerprint density at radius 3 is 2.36 bits per heavy atom. The average Bonchev–Trinajstić information content (AvgIpc) is 2.33. The number of nitrogens with one attached hydrogen (secondary N) is 1. The molecule has 0 aliphatic carbocycles. The third kappa shape index (κ3) is 7.79. The number of carbonyl (C=O) groups excluding carboxylic acids is 1. The fraction of sp³-hybridized carbons (Fsp3) is 0.364. The van der Waals surface area contributed by atoms with Crippen LogP contribution in [0.3, 0.4) is 0 Å². The van der Waals surface area contributed by atoms with E-state index in [4.69, 9.17) is 39.9 Å². The molecule has 1 aromatic carbocycles. The Morgan fingerprint density at radius 1 is 1.23 bits per heavy atom. The lowest BCUT2D eigenvalue weighted by atomic mass is 10.2. The molecule has 1 amide bonds. The first-order valence-electron chi connectivity index (χ1n) is 5.49. The summed E-state index contributed by atoms with van der Waals surface area (Å²) in [6.07, 6.45) is -5.97. The predicted molar refractivity (Wildman–Crippen MR) is 74.3 cm³/mol. The third-order valence-corrected chi connectivity index (χ3v) is 2.32. The van der Waals surface area contributed by atoms with Crippen LogP contribution in [0.25, 0.3) is 0 Å². The highest BCUT2D eigenvalue weighted by Crippen LogP contribution is 2.28. The molecule has 0 aliphatic rings. The minimum atomic E-state index is -4.92. The smallest absolute Gasteiger partial charge is 0.445 e. The molecule has 0 unspecified atom stereocenters. The normalized spacial score (nSPS) is 12.0. The second-order valence-corrected chi connectivity index (χ2v) is 6.40. The van der Waals surface area contributed by atoms with Gasteiger partial charge < -0.3 is 14.6 Å². The minimum Gasteiger partial charge on any atom is -0.445 e. The molecule has 0 fully saturated rings. The maximum absolute atomic E-state index is 12.2. The van der Waals surface area contributed by atoms with Gasteiger partial charge in [-0.1, -0.05) is 34.8 Å². The molecular weight excluding hydrogens is 373 g/mol. The summed E-state index contributed by atoms with van der Waals surface area (Å²) in [5.74, 6) is -0.615. The summed E-state index contributed by atoms with van der Waals surface area (Å²) < 4.78 is 43.0. The number of halogens is 6. The van der Waals surface area contributed by atoms with E-state index in [1.54, 1.807) is 0 Å². The topological polar surface area (TPSA) is 67.8 Å². The number of aliphatic hydroxyl groups excluding tert-OH is 1. The quantitative estimate of drug-likeness (QED) is 0.773. The van der Waals surface area contributed by atoms with Crippen LogP contribution in [0.2, 0.25) is 0 Å². The average molecular weight is 383 g/mol. The fourth-order valence-corrected chi connectivity index (χ4v) is 1.48. The van der Waals surface area contributed by atoms with E-state index in [0.717, 1.165) is 12.1 Å². The van der Waals surface area contributed by atoms with Crippen LogP contribution in [-0.4, -0.2) is 28.0 Å². The zero-order chi connectivity index (χ0) is 17.0. The molecule has 5 nitrogen and oxygen atoms in total. The Hall–Kier alpha value is -1.09. The lowest BCUT2D eigenvalue weighted by molar-refractivity contribution is -0.274. The standard InChI is InChI=1S/C11H9Cl3F3NO4/c12-10(13,14)5-21-9(20)18-7-1-6(4-19)2-8(3-7)22-11(15,16)17/h1-3,19H,4-5H2,(H,18,20). The van der Waals surface area contributed by atoms with Crippen LogP contribution in [0.15, 0.2) is 18.2 Å². The maximum atomic E-state index is 12.2.